The summed E-state index contributed by atoms with van der Waals surface area (Å²) in [5.41, 5.74) is 6.10. The molecule has 2 heterocycles. The van der Waals surface area contributed by atoms with Crippen molar-refractivity contribution in [2.45, 2.75) is 6.18 Å². The number of halogens is 4. The number of fused-ring (bicyclic) bond motifs is 1. The van der Waals surface area contributed by atoms with E-state index in [1.165, 1.54) is 6.07 Å². The second kappa shape index (κ2) is 4.13. The van der Waals surface area contributed by atoms with Crippen LogP contribution >= 0.6 is 11.3 Å². The van der Waals surface area contributed by atoms with Crippen LogP contribution in [0.2, 0.25) is 0 Å². The minimum Gasteiger partial charge on any atom is -0.398 e. The van der Waals surface area contributed by atoms with E-state index in [-0.39, 0.29) is 21.2 Å². The monoisotopic (exact) mass is 303 g/mol. The van der Waals surface area contributed by atoms with Gasteiger partial charge in [-0.1, -0.05) is 11.3 Å². The summed E-state index contributed by atoms with van der Waals surface area (Å²) in [5, 5.41) is 10.3. The minimum absolute atomic E-state index is 0.0454. The molecule has 3 aromatic rings. The van der Waals surface area contributed by atoms with Gasteiger partial charge < -0.3 is 5.73 Å². The molecule has 20 heavy (non-hydrogen) atoms. The molecule has 0 aliphatic rings. The Balaban J connectivity index is 2.19. The van der Waals surface area contributed by atoms with Gasteiger partial charge >= 0.3 is 6.18 Å². The van der Waals surface area contributed by atoms with E-state index in [1.54, 1.807) is 0 Å². The highest BCUT2D eigenvalue weighted by Crippen LogP contribution is 2.33. The van der Waals surface area contributed by atoms with Gasteiger partial charge in [0.1, 0.15) is 10.8 Å². The Morgan fingerprint density at radius 2 is 1.95 bits per heavy atom. The number of anilines is 1. The average molecular weight is 303 g/mol. The number of rotatable bonds is 1. The molecule has 0 saturated carbocycles. The highest BCUT2D eigenvalue weighted by molar-refractivity contribution is 7.19. The van der Waals surface area contributed by atoms with E-state index in [0.29, 0.717) is 4.52 Å². The molecule has 3 rings (SSSR count). The van der Waals surface area contributed by atoms with Crippen molar-refractivity contribution >= 4 is 22.0 Å². The number of hydrogen-bond donors (Lipinski definition) is 1. The molecule has 0 bridgehead atoms. The summed E-state index contributed by atoms with van der Waals surface area (Å²) in [4.78, 5) is -0.0454. The van der Waals surface area contributed by atoms with Gasteiger partial charge in [-0.2, -0.15) is 22.8 Å². The van der Waals surface area contributed by atoms with Crippen LogP contribution in [0.4, 0.5) is 23.2 Å². The maximum absolute atomic E-state index is 13.2. The summed E-state index contributed by atoms with van der Waals surface area (Å²) < 4.78 is 51.8. The van der Waals surface area contributed by atoms with Crippen LogP contribution in [-0.4, -0.2) is 19.8 Å². The molecule has 0 amide bonds. The smallest absolute Gasteiger partial charge is 0.398 e. The van der Waals surface area contributed by atoms with E-state index in [2.05, 4.69) is 15.3 Å². The molecule has 104 valence electrons. The summed E-state index contributed by atoms with van der Waals surface area (Å²) in [6.07, 6.45) is -4.67. The zero-order valence-electron chi connectivity index (χ0n) is 9.52. The fraction of sp³-hybridized carbons (Fsp3) is 0.100. The Morgan fingerprint density at radius 1 is 1.20 bits per heavy atom. The lowest BCUT2D eigenvalue weighted by atomic mass is 10.2. The van der Waals surface area contributed by atoms with E-state index in [1.807, 2.05) is 0 Å². The van der Waals surface area contributed by atoms with Crippen molar-refractivity contribution in [3.63, 3.8) is 0 Å². The third-order valence-corrected chi connectivity index (χ3v) is 3.42. The summed E-state index contributed by atoms with van der Waals surface area (Å²) in [5.74, 6) is -1.79. The lowest BCUT2D eigenvalue weighted by Crippen LogP contribution is -2.11. The zero-order chi connectivity index (χ0) is 14.5. The molecular formula is C10H5F4N5S. The lowest BCUT2D eigenvalue weighted by molar-refractivity contribution is -0.146. The largest absolute Gasteiger partial charge is 0.453 e. The van der Waals surface area contributed by atoms with Crippen molar-refractivity contribution in [1.82, 2.24) is 19.8 Å². The molecule has 0 fully saturated rings. The number of nitrogen functional groups attached to an aromatic ring is 1. The van der Waals surface area contributed by atoms with E-state index in [9.17, 15) is 17.6 Å². The SMILES string of the molecule is Nc1ccc(F)cc1-c1nn2c(C(F)(F)F)nnc2s1. The number of nitrogens with zero attached hydrogens (tertiary/aromatic N) is 4. The Kier molecular flexibility index (Phi) is 2.64. The Morgan fingerprint density at radius 3 is 2.65 bits per heavy atom. The summed E-state index contributed by atoms with van der Waals surface area (Å²) in [6, 6.07) is 3.58. The lowest BCUT2D eigenvalue weighted by Gasteiger charge is -2.02. The second-order valence-corrected chi connectivity index (χ2v) is 4.81. The fourth-order valence-electron chi connectivity index (χ4n) is 1.62. The molecule has 0 radical (unpaired) electrons. The van der Waals surface area contributed by atoms with E-state index >= 15 is 0 Å². The van der Waals surface area contributed by atoms with Crippen molar-refractivity contribution < 1.29 is 17.6 Å². The predicted octanol–water partition coefficient (Wildman–Crippen LogP) is 2.59. The van der Waals surface area contributed by atoms with E-state index in [4.69, 9.17) is 5.73 Å². The quantitative estimate of drug-likeness (QED) is 0.554. The Bertz CT molecular complexity index is 791. The number of alkyl halides is 3. The van der Waals surface area contributed by atoms with Crippen molar-refractivity contribution in [1.29, 1.82) is 0 Å². The van der Waals surface area contributed by atoms with Crippen molar-refractivity contribution in [3.05, 3.63) is 29.8 Å². The first-order valence-electron chi connectivity index (χ1n) is 5.21. The first kappa shape index (κ1) is 12.8. The maximum Gasteiger partial charge on any atom is 0.453 e. The number of nitrogens with two attached hydrogens (primary N) is 1. The van der Waals surface area contributed by atoms with Crippen LogP contribution in [0.25, 0.3) is 15.5 Å². The predicted molar refractivity (Wildman–Crippen MR) is 63.5 cm³/mol. The molecule has 0 atom stereocenters. The van der Waals surface area contributed by atoms with Gasteiger partial charge in [-0.25, -0.2) is 4.39 Å². The fourth-order valence-corrected chi connectivity index (χ4v) is 2.49. The summed E-state index contributed by atoms with van der Waals surface area (Å²) in [6.45, 7) is 0. The molecule has 2 N–H and O–H groups in total. The van der Waals surface area contributed by atoms with Gasteiger partial charge in [0.2, 0.25) is 4.96 Å². The van der Waals surface area contributed by atoms with Crippen LogP contribution in [0.3, 0.4) is 0 Å². The van der Waals surface area contributed by atoms with E-state index in [0.717, 1.165) is 23.5 Å². The Hall–Kier alpha value is -2.23. The van der Waals surface area contributed by atoms with Gasteiger partial charge in [0.25, 0.3) is 5.82 Å². The van der Waals surface area contributed by atoms with Crippen LogP contribution in [0.1, 0.15) is 5.82 Å². The topological polar surface area (TPSA) is 69.1 Å². The molecule has 0 saturated heterocycles. The first-order valence-corrected chi connectivity index (χ1v) is 6.03. The molecule has 0 unspecified atom stereocenters. The van der Waals surface area contributed by atoms with Crippen LogP contribution in [0.5, 0.6) is 0 Å². The number of benzene rings is 1. The highest BCUT2D eigenvalue weighted by atomic mass is 32.1. The van der Waals surface area contributed by atoms with E-state index < -0.39 is 17.8 Å². The van der Waals surface area contributed by atoms with Crippen LogP contribution < -0.4 is 5.73 Å². The third kappa shape index (κ3) is 1.97. The standard InChI is InChI=1S/C10H5F4N5S/c11-4-1-2-6(15)5(3-4)7-18-19-8(10(12,13)14)16-17-9(19)20-7/h1-3H,15H2. The zero-order valence-corrected chi connectivity index (χ0v) is 10.3. The van der Waals surface area contributed by atoms with Crippen molar-refractivity contribution in [2.24, 2.45) is 0 Å². The Labute approximate surface area is 112 Å². The first-order chi connectivity index (χ1) is 9.36. The third-order valence-electron chi connectivity index (χ3n) is 2.49. The van der Waals surface area contributed by atoms with Gasteiger partial charge in [0.15, 0.2) is 0 Å². The normalized spacial score (nSPS) is 12.2. The van der Waals surface area contributed by atoms with Gasteiger partial charge in [0.05, 0.1) is 0 Å². The van der Waals surface area contributed by atoms with Crippen molar-refractivity contribution in [3.8, 4) is 10.6 Å². The number of hydrogen-bond acceptors (Lipinski definition) is 5. The molecule has 2 aromatic heterocycles. The molecule has 1 aromatic carbocycles. The molecule has 0 aliphatic carbocycles. The van der Waals surface area contributed by atoms with Crippen LogP contribution in [0.15, 0.2) is 18.2 Å². The van der Waals surface area contributed by atoms with Gasteiger partial charge in [-0.15, -0.1) is 10.2 Å². The molecule has 0 spiro atoms. The van der Waals surface area contributed by atoms with Gasteiger partial charge in [0, 0.05) is 11.3 Å². The van der Waals surface area contributed by atoms with Crippen LogP contribution in [0, 0.1) is 5.82 Å². The summed E-state index contributed by atoms with van der Waals surface area (Å²) in [7, 11) is 0. The van der Waals surface area contributed by atoms with Gasteiger partial charge in [-0.05, 0) is 18.2 Å². The number of aromatic nitrogens is 4. The van der Waals surface area contributed by atoms with Crippen molar-refractivity contribution in [2.75, 3.05) is 5.73 Å². The minimum atomic E-state index is -4.67. The molecule has 5 nitrogen and oxygen atoms in total. The second-order valence-electron chi connectivity index (χ2n) is 3.85. The van der Waals surface area contributed by atoms with Gasteiger partial charge in [-0.3, -0.25) is 0 Å². The molecular weight excluding hydrogens is 298 g/mol. The van der Waals surface area contributed by atoms with Crippen LogP contribution in [-0.2, 0) is 6.18 Å². The molecule has 10 heteroatoms. The summed E-state index contributed by atoms with van der Waals surface area (Å²) >= 11 is 0.842. The highest BCUT2D eigenvalue weighted by Gasteiger charge is 2.38. The average Bonchev–Trinajstić information content (AvgIpc) is 2.89. The molecule has 0 aliphatic heterocycles. The maximum atomic E-state index is 13.2.